The van der Waals surface area contributed by atoms with Gasteiger partial charge in [0.15, 0.2) is 0 Å². The zero-order valence-electron chi connectivity index (χ0n) is 15.6. The van der Waals surface area contributed by atoms with Crippen LogP contribution in [0.4, 0.5) is 0 Å². The van der Waals surface area contributed by atoms with Gasteiger partial charge >= 0.3 is 5.69 Å². The fourth-order valence-electron chi connectivity index (χ4n) is 4.09. The lowest BCUT2D eigenvalue weighted by atomic mass is 10.0. The van der Waals surface area contributed by atoms with Crippen molar-refractivity contribution in [3.8, 4) is 0 Å². The van der Waals surface area contributed by atoms with Crippen molar-refractivity contribution in [1.29, 1.82) is 0 Å². The highest BCUT2D eigenvalue weighted by atomic mass is 16.2. The van der Waals surface area contributed by atoms with E-state index >= 15 is 0 Å². The second-order valence-corrected chi connectivity index (χ2v) is 8.19. The van der Waals surface area contributed by atoms with Crippen molar-refractivity contribution in [3.63, 3.8) is 0 Å². The van der Waals surface area contributed by atoms with Crippen molar-refractivity contribution < 1.29 is 4.79 Å². The van der Waals surface area contributed by atoms with Crippen molar-refractivity contribution in [2.45, 2.75) is 39.2 Å². The molecule has 1 aliphatic heterocycles. The second kappa shape index (κ2) is 6.91. The summed E-state index contributed by atoms with van der Waals surface area (Å²) in [5.74, 6) is 1.45. The zero-order chi connectivity index (χ0) is 18.3. The molecule has 0 unspecified atom stereocenters. The lowest BCUT2D eigenvalue weighted by Crippen LogP contribution is -2.46. The van der Waals surface area contributed by atoms with Crippen LogP contribution in [0.5, 0.6) is 0 Å². The molecule has 0 radical (unpaired) electrons. The standard InChI is InChI=1S/C20H28N4O2/c1-13(2)18-12-24(9-3-8-23(18)11-14-4-5-14)19(25)15-6-7-16-17(10-15)22-20(26)21-16/h6-7,10,13-14,18H,3-5,8-9,11-12H2,1-2H3,(H2,21,22,26)/t18-/m0/s1. The molecule has 1 amide bonds. The van der Waals surface area contributed by atoms with E-state index < -0.39 is 0 Å². The van der Waals surface area contributed by atoms with Gasteiger partial charge in [-0.1, -0.05) is 13.8 Å². The minimum Gasteiger partial charge on any atom is -0.337 e. The number of amides is 1. The van der Waals surface area contributed by atoms with Gasteiger partial charge in [0.25, 0.3) is 5.91 Å². The highest BCUT2D eigenvalue weighted by Gasteiger charge is 2.33. The van der Waals surface area contributed by atoms with Crippen LogP contribution in [0, 0.1) is 11.8 Å². The average Bonchev–Trinajstić information content (AvgIpc) is 3.37. The smallest absolute Gasteiger partial charge is 0.323 e. The molecule has 0 bridgehead atoms. The van der Waals surface area contributed by atoms with Gasteiger partial charge in [-0.05, 0) is 49.3 Å². The van der Waals surface area contributed by atoms with Gasteiger partial charge in [-0.3, -0.25) is 9.69 Å². The van der Waals surface area contributed by atoms with E-state index in [0.717, 1.165) is 37.5 Å². The van der Waals surface area contributed by atoms with E-state index in [9.17, 15) is 9.59 Å². The number of hydrogen-bond donors (Lipinski definition) is 2. The van der Waals surface area contributed by atoms with Gasteiger partial charge in [-0.15, -0.1) is 0 Å². The Morgan fingerprint density at radius 1 is 1.19 bits per heavy atom. The third-order valence-corrected chi connectivity index (χ3v) is 5.76. The van der Waals surface area contributed by atoms with Crippen molar-refractivity contribution in [3.05, 3.63) is 34.2 Å². The number of hydrogen-bond acceptors (Lipinski definition) is 3. The maximum Gasteiger partial charge on any atom is 0.323 e. The third-order valence-electron chi connectivity index (χ3n) is 5.76. The van der Waals surface area contributed by atoms with Crippen LogP contribution in [-0.2, 0) is 0 Å². The van der Waals surface area contributed by atoms with Crippen LogP contribution in [0.15, 0.2) is 23.0 Å². The molecule has 1 aromatic carbocycles. The molecule has 4 rings (SSSR count). The largest absolute Gasteiger partial charge is 0.337 e. The predicted octanol–water partition coefficient (Wildman–Crippen LogP) is 2.44. The van der Waals surface area contributed by atoms with Crippen LogP contribution >= 0.6 is 0 Å². The van der Waals surface area contributed by atoms with E-state index in [-0.39, 0.29) is 11.6 Å². The summed E-state index contributed by atoms with van der Waals surface area (Å²) in [5.41, 5.74) is 1.82. The van der Waals surface area contributed by atoms with Gasteiger partial charge in [0.2, 0.25) is 0 Å². The fraction of sp³-hybridized carbons (Fsp3) is 0.600. The van der Waals surface area contributed by atoms with Crippen LogP contribution in [0.3, 0.4) is 0 Å². The topological polar surface area (TPSA) is 72.2 Å². The molecule has 1 saturated heterocycles. The van der Waals surface area contributed by atoms with Crippen molar-refractivity contribution >= 4 is 16.9 Å². The van der Waals surface area contributed by atoms with Gasteiger partial charge in [-0.2, -0.15) is 0 Å². The quantitative estimate of drug-likeness (QED) is 0.884. The molecule has 1 saturated carbocycles. The number of nitrogens with one attached hydrogen (secondary N) is 2. The Balaban J connectivity index is 1.54. The molecule has 6 nitrogen and oxygen atoms in total. The van der Waals surface area contributed by atoms with E-state index in [2.05, 4.69) is 28.7 Å². The molecule has 1 aliphatic carbocycles. The number of imidazole rings is 1. The van der Waals surface area contributed by atoms with Crippen molar-refractivity contribution in [2.75, 3.05) is 26.2 Å². The zero-order valence-corrected chi connectivity index (χ0v) is 15.6. The molecule has 2 aliphatic rings. The average molecular weight is 356 g/mol. The Morgan fingerprint density at radius 3 is 2.69 bits per heavy atom. The minimum atomic E-state index is -0.241. The van der Waals surface area contributed by atoms with E-state index in [4.69, 9.17) is 0 Å². The molecule has 6 heteroatoms. The molecule has 26 heavy (non-hydrogen) atoms. The number of fused-ring (bicyclic) bond motifs is 1. The summed E-state index contributed by atoms with van der Waals surface area (Å²) >= 11 is 0. The molecule has 2 fully saturated rings. The number of benzene rings is 1. The van der Waals surface area contributed by atoms with Crippen LogP contribution in [-0.4, -0.2) is 57.9 Å². The summed E-state index contributed by atoms with van der Waals surface area (Å²) in [4.78, 5) is 34.7. The summed E-state index contributed by atoms with van der Waals surface area (Å²) in [5, 5.41) is 0. The third kappa shape index (κ3) is 3.56. The maximum atomic E-state index is 13.1. The van der Waals surface area contributed by atoms with Crippen LogP contribution in [0.2, 0.25) is 0 Å². The number of H-pyrrole nitrogens is 2. The Morgan fingerprint density at radius 2 is 1.96 bits per heavy atom. The molecule has 1 atom stereocenters. The second-order valence-electron chi connectivity index (χ2n) is 8.19. The Bertz CT molecular complexity index is 849. The molecule has 2 N–H and O–H groups in total. The first kappa shape index (κ1) is 17.3. The van der Waals surface area contributed by atoms with E-state index in [0.29, 0.717) is 23.0 Å². The summed E-state index contributed by atoms with van der Waals surface area (Å²) in [6.45, 7) is 8.36. The number of carbonyl (C=O) groups is 1. The Kier molecular flexibility index (Phi) is 4.61. The number of carbonyl (C=O) groups excluding carboxylic acids is 1. The molecule has 2 heterocycles. The predicted molar refractivity (Wildman–Crippen MR) is 102 cm³/mol. The lowest BCUT2D eigenvalue weighted by molar-refractivity contribution is 0.0704. The first-order valence-corrected chi connectivity index (χ1v) is 9.76. The number of aromatic nitrogens is 2. The Labute approximate surface area is 153 Å². The molecular weight excluding hydrogens is 328 g/mol. The van der Waals surface area contributed by atoms with Crippen LogP contribution < -0.4 is 5.69 Å². The van der Waals surface area contributed by atoms with E-state index in [1.165, 1.54) is 19.4 Å². The number of rotatable bonds is 4. The first-order valence-electron chi connectivity index (χ1n) is 9.76. The molecular formula is C20H28N4O2. The summed E-state index contributed by atoms with van der Waals surface area (Å²) in [7, 11) is 0. The highest BCUT2D eigenvalue weighted by molar-refractivity contribution is 5.97. The molecule has 1 aromatic heterocycles. The van der Waals surface area contributed by atoms with Crippen LogP contribution in [0.1, 0.15) is 43.5 Å². The highest BCUT2D eigenvalue weighted by Crippen LogP contribution is 2.32. The molecule has 0 spiro atoms. The lowest BCUT2D eigenvalue weighted by Gasteiger charge is -2.34. The summed E-state index contributed by atoms with van der Waals surface area (Å²) < 4.78 is 0. The number of nitrogens with zero attached hydrogens (tertiary/aromatic N) is 2. The summed E-state index contributed by atoms with van der Waals surface area (Å²) in [6, 6.07) is 5.81. The van der Waals surface area contributed by atoms with Gasteiger partial charge in [0.1, 0.15) is 0 Å². The van der Waals surface area contributed by atoms with Crippen molar-refractivity contribution in [1.82, 2.24) is 19.8 Å². The fourth-order valence-corrected chi connectivity index (χ4v) is 4.09. The molecule has 140 valence electrons. The van der Waals surface area contributed by atoms with Gasteiger partial charge in [-0.25, -0.2) is 4.79 Å². The maximum absolute atomic E-state index is 13.1. The SMILES string of the molecule is CC(C)[C@@H]1CN(C(=O)c2ccc3[nH]c(=O)[nH]c3c2)CCCN1CC1CC1. The van der Waals surface area contributed by atoms with E-state index in [1.807, 2.05) is 11.0 Å². The van der Waals surface area contributed by atoms with E-state index in [1.54, 1.807) is 12.1 Å². The van der Waals surface area contributed by atoms with Gasteiger partial charge < -0.3 is 14.9 Å². The van der Waals surface area contributed by atoms with Gasteiger partial charge in [0.05, 0.1) is 11.0 Å². The Hall–Kier alpha value is -2.08. The first-order chi connectivity index (χ1) is 12.5. The summed E-state index contributed by atoms with van der Waals surface area (Å²) in [6.07, 6.45) is 3.74. The normalized spacial score (nSPS) is 22.1. The molecule has 2 aromatic rings. The minimum absolute atomic E-state index is 0.0628. The van der Waals surface area contributed by atoms with Gasteiger partial charge in [0, 0.05) is 37.8 Å². The number of aromatic amines is 2. The van der Waals surface area contributed by atoms with Crippen molar-refractivity contribution in [2.24, 2.45) is 11.8 Å². The van der Waals surface area contributed by atoms with Crippen LogP contribution in [0.25, 0.3) is 11.0 Å². The monoisotopic (exact) mass is 356 g/mol.